The summed E-state index contributed by atoms with van der Waals surface area (Å²) >= 11 is 6.47. The molecule has 0 aromatic carbocycles. The van der Waals surface area contributed by atoms with E-state index < -0.39 is 0 Å². The van der Waals surface area contributed by atoms with Crippen LogP contribution in [0.5, 0.6) is 0 Å². The molecule has 2 heterocycles. The first-order chi connectivity index (χ1) is 7.61. The summed E-state index contributed by atoms with van der Waals surface area (Å²) < 4.78 is 5.73. The minimum absolute atomic E-state index is 0.385. The molecule has 0 aliphatic heterocycles. The van der Waals surface area contributed by atoms with E-state index in [4.69, 9.17) is 4.74 Å². The van der Waals surface area contributed by atoms with E-state index in [1.54, 1.807) is 11.3 Å². The number of hydrogen-bond acceptors (Lipinski definition) is 5. The number of methoxy groups -OCH3 is 1. The molecule has 0 spiro atoms. The van der Waals surface area contributed by atoms with Gasteiger partial charge < -0.3 is 4.74 Å². The number of aryl methyl sites for hydroxylation is 1. The molecule has 0 bridgehead atoms. The lowest BCUT2D eigenvalue weighted by Crippen LogP contribution is -2.02. The minimum Gasteiger partial charge on any atom is -0.464 e. The number of hydrogen-bond donors (Lipinski definition) is 0. The van der Waals surface area contributed by atoms with Gasteiger partial charge in [-0.1, -0.05) is 0 Å². The van der Waals surface area contributed by atoms with Gasteiger partial charge >= 0.3 is 5.97 Å². The molecule has 0 atom stereocenters. The second kappa shape index (κ2) is 4.65. The van der Waals surface area contributed by atoms with Crippen molar-refractivity contribution in [3.05, 3.63) is 26.6 Å². The van der Waals surface area contributed by atoms with Crippen molar-refractivity contribution in [2.24, 2.45) is 0 Å². The lowest BCUT2D eigenvalue weighted by Gasteiger charge is -1.96. The van der Waals surface area contributed by atoms with Crippen molar-refractivity contribution in [2.45, 2.75) is 6.92 Å². The van der Waals surface area contributed by atoms with Crippen LogP contribution >= 0.6 is 38.6 Å². The highest BCUT2D eigenvalue weighted by molar-refractivity contribution is 9.10. The molecule has 0 saturated carbocycles. The average molecular weight is 318 g/mol. The fraction of sp³-hybridized carbons (Fsp3) is 0.200. The van der Waals surface area contributed by atoms with Crippen molar-refractivity contribution in [1.29, 1.82) is 0 Å². The Bertz CT molecular complexity index is 533. The quantitative estimate of drug-likeness (QED) is 0.792. The Morgan fingerprint density at radius 1 is 1.56 bits per heavy atom. The summed E-state index contributed by atoms with van der Waals surface area (Å²) in [5.74, 6) is -0.385. The van der Waals surface area contributed by atoms with Gasteiger partial charge in [0.2, 0.25) is 0 Å². The fourth-order valence-corrected chi connectivity index (χ4v) is 3.72. The molecule has 0 N–H and O–H groups in total. The molecule has 84 valence electrons. The van der Waals surface area contributed by atoms with Gasteiger partial charge in [-0.3, -0.25) is 0 Å². The summed E-state index contributed by atoms with van der Waals surface area (Å²) in [5, 5.41) is 2.84. The van der Waals surface area contributed by atoms with Gasteiger partial charge in [0.1, 0.15) is 0 Å². The summed E-state index contributed by atoms with van der Waals surface area (Å²) in [6.45, 7) is 1.88. The number of aromatic nitrogens is 1. The van der Waals surface area contributed by atoms with Crippen LogP contribution in [0, 0.1) is 6.92 Å². The number of ether oxygens (including phenoxy) is 1. The van der Waals surface area contributed by atoms with Crippen LogP contribution in [0.1, 0.15) is 15.5 Å². The van der Waals surface area contributed by atoms with Gasteiger partial charge in [0.25, 0.3) is 0 Å². The largest absolute Gasteiger partial charge is 0.464 e. The van der Waals surface area contributed by atoms with Crippen LogP contribution in [0.3, 0.4) is 0 Å². The number of halogens is 1. The van der Waals surface area contributed by atoms with E-state index >= 15 is 0 Å². The van der Waals surface area contributed by atoms with Crippen molar-refractivity contribution in [3.63, 3.8) is 0 Å². The number of nitrogens with zero attached hydrogens (tertiary/aromatic N) is 1. The summed E-state index contributed by atoms with van der Waals surface area (Å²) in [4.78, 5) is 17.6. The second-order valence-electron chi connectivity index (χ2n) is 3.03. The summed E-state index contributed by atoms with van der Waals surface area (Å²) in [6.07, 6.45) is 0. The molecule has 0 aliphatic rings. The van der Waals surface area contributed by atoms with Crippen LogP contribution < -0.4 is 0 Å². The summed E-state index contributed by atoms with van der Waals surface area (Å²) in [6, 6.07) is 1.98. The van der Waals surface area contributed by atoms with Crippen molar-refractivity contribution in [3.8, 4) is 9.75 Å². The van der Waals surface area contributed by atoms with E-state index in [-0.39, 0.29) is 5.97 Å². The number of thiazole rings is 1. The molecule has 0 amide bonds. The Balaban J connectivity index is 2.52. The van der Waals surface area contributed by atoms with Gasteiger partial charge in [-0.25, -0.2) is 9.78 Å². The Morgan fingerprint density at radius 3 is 2.88 bits per heavy atom. The van der Waals surface area contributed by atoms with Crippen molar-refractivity contribution < 1.29 is 9.53 Å². The maximum atomic E-state index is 11.5. The number of rotatable bonds is 2. The fourth-order valence-electron chi connectivity index (χ4n) is 1.26. The van der Waals surface area contributed by atoms with Crippen molar-refractivity contribution in [2.75, 3.05) is 7.11 Å². The van der Waals surface area contributed by atoms with Gasteiger partial charge in [0.15, 0.2) is 5.69 Å². The zero-order valence-corrected chi connectivity index (χ0v) is 11.8. The number of carbonyl (C=O) groups excluding carboxylic acids is 1. The van der Waals surface area contributed by atoms with Crippen molar-refractivity contribution in [1.82, 2.24) is 4.98 Å². The highest BCUT2D eigenvalue weighted by atomic mass is 79.9. The van der Waals surface area contributed by atoms with Crippen LogP contribution in [-0.4, -0.2) is 18.1 Å². The average Bonchev–Trinajstić information content (AvgIpc) is 2.83. The molecule has 3 nitrogen and oxygen atoms in total. The van der Waals surface area contributed by atoms with E-state index in [1.165, 1.54) is 18.4 Å². The third kappa shape index (κ3) is 2.18. The molecule has 2 aromatic rings. The first-order valence-electron chi connectivity index (χ1n) is 4.42. The zero-order valence-electron chi connectivity index (χ0n) is 8.61. The third-order valence-electron chi connectivity index (χ3n) is 1.90. The molecular weight excluding hydrogens is 310 g/mol. The smallest absolute Gasteiger partial charge is 0.358 e. The van der Waals surface area contributed by atoms with Gasteiger partial charge in [-0.15, -0.1) is 22.7 Å². The molecule has 0 unspecified atom stereocenters. The number of carbonyl (C=O) groups is 1. The molecule has 16 heavy (non-hydrogen) atoms. The Kier molecular flexibility index (Phi) is 3.41. The van der Waals surface area contributed by atoms with E-state index in [0.717, 1.165) is 19.2 Å². The maximum absolute atomic E-state index is 11.5. The molecule has 0 aliphatic carbocycles. The first kappa shape index (κ1) is 11.8. The maximum Gasteiger partial charge on any atom is 0.358 e. The SMILES string of the molecule is COC(=O)c1nc(C)sc1-c1cc(Br)cs1. The molecule has 6 heteroatoms. The minimum atomic E-state index is -0.385. The van der Waals surface area contributed by atoms with Crippen LogP contribution in [0.25, 0.3) is 9.75 Å². The molecule has 2 rings (SSSR count). The first-order valence-corrected chi connectivity index (χ1v) is 6.91. The Morgan fingerprint density at radius 2 is 2.31 bits per heavy atom. The van der Waals surface area contributed by atoms with E-state index in [2.05, 4.69) is 20.9 Å². The molecule has 0 radical (unpaired) electrons. The Hall–Kier alpha value is -0.720. The zero-order chi connectivity index (χ0) is 11.7. The van der Waals surface area contributed by atoms with E-state index in [9.17, 15) is 4.79 Å². The predicted octanol–water partition coefficient (Wildman–Crippen LogP) is 3.73. The number of thiophene rings is 1. The number of esters is 1. The van der Waals surface area contributed by atoms with Crippen LogP contribution in [0.4, 0.5) is 0 Å². The van der Waals surface area contributed by atoms with E-state index in [1.807, 2.05) is 18.4 Å². The standard InChI is InChI=1S/C10H8BrNO2S2/c1-5-12-8(10(13)14-2)9(16-5)7-3-6(11)4-15-7/h3-4H,1-2H3. The topological polar surface area (TPSA) is 39.2 Å². The Labute approximate surface area is 109 Å². The van der Waals surface area contributed by atoms with Gasteiger partial charge in [0.05, 0.1) is 17.0 Å². The molecule has 0 saturated heterocycles. The van der Waals surface area contributed by atoms with Gasteiger partial charge in [0, 0.05) is 14.7 Å². The summed E-state index contributed by atoms with van der Waals surface area (Å²) in [7, 11) is 1.37. The van der Waals surface area contributed by atoms with Gasteiger partial charge in [-0.2, -0.15) is 0 Å². The monoisotopic (exact) mass is 317 g/mol. The predicted molar refractivity (Wildman–Crippen MR) is 69.2 cm³/mol. The molecular formula is C10H8BrNO2S2. The lowest BCUT2D eigenvalue weighted by atomic mass is 10.3. The molecule has 0 fully saturated rings. The van der Waals surface area contributed by atoms with E-state index in [0.29, 0.717) is 5.69 Å². The van der Waals surface area contributed by atoms with Gasteiger partial charge in [-0.05, 0) is 28.9 Å². The van der Waals surface area contributed by atoms with Crippen LogP contribution in [0.2, 0.25) is 0 Å². The summed E-state index contributed by atoms with van der Waals surface area (Å²) in [5.41, 5.74) is 0.402. The highest BCUT2D eigenvalue weighted by Crippen LogP contribution is 2.36. The van der Waals surface area contributed by atoms with Crippen LogP contribution in [0.15, 0.2) is 15.9 Å². The highest BCUT2D eigenvalue weighted by Gasteiger charge is 2.19. The lowest BCUT2D eigenvalue weighted by molar-refractivity contribution is 0.0595. The second-order valence-corrected chi connectivity index (χ2v) is 6.06. The van der Waals surface area contributed by atoms with Crippen LogP contribution in [-0.2, 0) is 4.74 Å². The normalized spacial score (nSPS) is 10.4. The van der Waals surface area contributed by atoms with Crippen molar-refractivity contribution >= 4 is 44.6 Å². The molecule has 2 aromatic heterocycles. The third-order valence-corrected chi connectivity index (χ3v) is 4.75.